The highest BCUT2D eigenvalue weighted by atomic mass is 16.5. The normalized spacial score (nSPS) is 26.4. The SMILES string of the molecule is c1ccc2c(c1)Oc1c(-c3nc(-c4ccc5c(c4)oc4ccccc45)nc(C45CC6CC7C[C@@H](C4)C76C5)n3)cccc1C21c2ccccc2-c2ccccc21. The molecule has 4 saturated carbocycles. The number of hydrogen-bond donors (Lipinski definition) is 0. The van der Waals surface area contributed by atoms with E-state index in [4.69, 9.17) is 24.1 Å². The second kappa shape index (κ2) is 9.77. The summed E-state index contributed by atoms with van der Waals surface area (Å²) < 4.78 is 13.5. The smallest absolute Gasteiger partial charge is 0.167 e. The maximum Gasteiger partial charge on any atom is 0.167 e. The van der Waals surface area contributed by atoms with Gasteiger partial charge in [0, 0.05) is 32.9 Å². The molecule has 2 bridgehead atoms. The van der Waals surface area contributed by atoms with Gasteiger partial charge in [-0.25, -0.2) is 15.0 Å². The molecule has 262 valence electrons. The Morgan fingerprint density at radius 1 is 0.527 bits per heavy atom. The van der Waals surface area contributed by atoms with Crippen LogP contribution in [0.1, 0.15) is 60.2 Å². The van der Waals surface area contributed by atoms with Crippen molar-refractivity contribution >= 4 is 21.9 Å². The predicted octanol–water partition coefficient (Wildman–Crippen LogP) is 11.7. The number of ether oxygens (including phenoxy) is 1. The summed E-state index contributed by atoms with van der Waals surface area (Å²) in [5, 5.41) is 2.22. The number of para-hydroxylation sites is 3. The van der Waals surface area contributed by atoms with Gasteiger partial charge in [-0.3, -0.25) is 0 Å². The minimum absolute atomic E-state index is 0.0106. The second-order valence-electron chi connectivity index (χ2n) is 17.3. The zero-order chi connectivity index (χ0) is 35.7. The number of fused-ring (bicyclic) bond motifs is 13. The molecule has 6 aliphatic rings. The first-order valence-electron chi connectivity index (χ1n) is 19.9. The summed E-state index contributed by atoms with van der Waals surface area (Å²) in [4.78, 5) is 16.4. The molecule has 5 aliphatic carbocycles. The van der Waals surface area contributed by atoms with E-state index >= 15 is 0 Å². The van der Waals surface area contributed by atoms with Crippen molar-refractivity contribution in [1.82, 2.24) is 15.0 Å². The molecule has 0 radical (unpaired) electrons. The molecule has 5 atom stereocenters. The van der Waals surface area contributed by atoms with Gasteiger partial charge in [-0.1, -0.05) is 103 Å². The van der Waals surface area contributed by atoms with Gasteiger partial charge in [-0.05, 0) is 108 Å². The molecule has 0 amide bonds. The molecule has 5 nitrogen and oxygen atoms in total. The van der Waals surface area contributed by atoms with Gasteiger partial charge in [-0.2, -0.15) is 0 Å². The summed E-state index contributed by atoms with van der Waals surface area (Å²) in [6, 6.07) is 47.6. The molecule has 4 unspecified atom stereocenters. The minimum atomic E-state index is -0.555. The maximum atomic E-state index is 7.09. The van der Waals surface area contributed by atoms with Crippen molar-refractivity contribution in [2.45, 2.75) is 42.9 Å². The van der Waals surface area contributed by atoms with Crippen LogP contribution in [0.4, 0.5) is 0 Å². The van der Waals surface area contributed by atoms with E-state index in [1.54, 1.807) is 0 Å². The van der Waals surface area contributed by atoms with E-state index in [1.165, 1.54) is 54.4 Å². The standard InChI is InChI=1S/C50H35N3O2/c1-4-14-37-32(10-1)33-11-2-5-15-38(33)50(37)39-16-6-8-19-42(39)55-44-36(13-9-17-40(44)50)46-51-45(28-20-21-35-34-12-3-7-18-41(34)54-43(35)22-28)52-47(53-46)48-25-30-23-29-24-31(26-48)49(29,30)27-48/h1-22,29-31H,23-27H2/t29?,30-,31?,48?,49?/m0/s1. The fourth-order valence-corrected chi connectivity index (χ4v) is 13.1. The Morgan fingerprint density at radius 2 is 1.18 bits per heavy atom. The van der Waals surface area contributed by atoms with E-state index in [0.717, 1.165) is 79.3 Å². The van der Waals surface area contributed by atoms with Crippen LogP contribution in [0.5, 0.6) is 11.5 Å². The highest BCUT2D eigenvalue weighted by Gasteiger charge is 2.78. The maximum absolute atomic E-state index is 7.09. The Labute approximate surface area is 318 Å². The fourth-order valence-electron chi connectivity index (χ4n) is 13.1. The van der Waals surface area contributed by atoms with E-state index in [9.17, 15) is 0 Å². The first-order chi connectivity index (χ1) is 27.1. The quantitative estimate of drug-likeness (QED) is 0.183. The molecule has 3 heterocycles. The Hall–Kier alpha value is -6.07. The van der Waals surface area contributed by atoms with Crippen LogP contribution in [0.25, 0.3) is 55.8 Å². The molecular formula is C50H35N3O2. The third kappa shape index (κ3) is 3.38. The Kier molecular flexibility index (Phi) is 5.21. The van der Waals surface area contributed by atoms with E-state index in [0.29, 0.717) is 17.1 Å². The number of aromatic nitrogens is 3. The molecule has 55 heavy (non-hydrogen) atoms. The molecule has 0 N–H and O–H groups in total. The number of hydrogen-bond acceptors (Lipinski definition) is 5. The molecule has 6 aromatic carbocycles. The number of furan rings is 1. The average molecular weight is 710 g/mol. The van der Waals surface area contributed by atoms with Crippen molar-refractivity contribution in [3.05, 3.63) is 162 Å². The summed E-state index contributed by atoms with van der Waals surface area (Å²) in [7, 11) is 0. The highest BCUT2D eigenvalue weighted by Crippen LogP contribution is 2.84. The summed E-state index contributed by atoms with van der Waals surface area (Å²) in [6.07, 6.45) is 6.38. The van der Waals surface area contributed by atoms with Gasteiger partial charge in [0.1, 0.15) is 28.5 Å². The topological polar surface area (TPSA) is 61.0 Å². The zero-order valence-corrected chi connectivity index (χ0v) is 30.1. The number of rotatable bonds is 3. The van der Waals surface area contributed by atoms with Gasteiger partial charge >= 0.3 is 0 Å². The Bertz CT molecular complexity index is 2950. The van der Waals surface area contributed by atoms with Crippen molar-refractivity contribution in [2.24, 2.45) is 23.2 Å². The van der Waals surface area contributed by atoms with Gasteiger partial charge in [0.25, 0.3) is 0 Å². The van der Waals surface area contributed by atoms with Crippen LogP contribution in [0.2, 0.25) is 0 Å². The number of nitrogens with zero attached hydrogens (tertiary/aromatic N) is 3. The predicted molar refractivity (Wildman–Crippen MR) is 213 cm³/mol. The average Bonchev–Trinajstić information content (AvgIpc) is 3.94. The first-order valence-corrected chi connectivity index (χ1v) is 19.9. The summed E-state index contributed by atoms with van der Waals surface area (Å²) >= 11 is 0. The third-order valence-electron chi connectivity index (χ3n) is 15.2. The van der Waals surface area contributed by atoms with Crippen molar-refractivity contribution in [3.63, 3.8) is 0 Å². The lowest BCUT2D eigenvalue weighted by molar-refractivity contribution is -0.175. The fraction of sp³-hybridized carbons (Fsp3) is 0.220. The molecule has 8 aromatic rings. The van der Waals surface area contributed by atoms with Crippen LogP contribution in [0.3, 0.4) is 0 Å². The Morgan fingerprint density at radius 3 is 1.96 bits per heavy atom. The molecule has 14 rings (SSSR count). The Balaban J connectivity index is 1.02. The molecule has 2 spiro atoms. The van der Waals surface area contributed by atoms with Crippen molar-refractivity contribution in [2.75, 3.05) is 0 Å². The molecule has 2 aromatic heterocycles. The van der Waals surface area contributed by atoms with Crippen LogP contribution >= 0.6 is 0 Å². The van der Waals surface area contributed by atoms with Gasteiger partial charge in [-0.15, -0.1) is 0 Å². The third-order valence-corrected chi connectivity index (χ3v) is 15.2. The van der Waals surface area contributed by atoms with Gasteiger partial charge in [0.05, 0.1) is 11.0 Å². The van der Waals surface area contributed by atoms with Crippen LogP contribution in [-0.2, 0) is 10.8 Å². The summed E-state index contributed by atoms with van der Waals surface area (Å²) in [5.41, 5.74) is 10.9. The monoisotopic (exact) mass is 709 g/mol. The van der Waals surface area contributed by atoms with E-state index in [1.807, 2.05) is 12.1 Å². The van der Waals surface area contributed by atoms with Crippen LogP contribution < -0.4 is 4.74 Å². The number of benzene rings is 6. The van der Waals surface area contributed by atoms with E-state index < -0.39 is 5.41 Å². The zero-order valence-electron chi connectivity index (χ0n) is 30.1. The first kappa shape index (κ1) is 29.3. The van der Waals surface area contributed by atoms with Crippen LogP contribution in [0, 0.1) is 23.2 Å². The lowest BCUT2D eigenvalue weighted by atomic mass is 9.38. The van der Waals surface area contributed by atoms with Crippen molar-refractivity contribution in [1.29, 1.82) is 0 Å². The van der Waals surface area contributed by atoms with E-state index in [2.05, 4.69) is 121 Å². The lowest BCUT2D eigenvalue weighted by Crippen LogP contribution is -2.59. The molecule has 5 heteroatoms. The summed E-state index contributed by atoms with van der Waals surface area (Å²) in [5.74, 6) is 6.56. The molecule has 4 fully saturated rings. The molecule has 0 saturated heterocycles. The van der Waals surface area contributed by atoms with E-state index in [-0.39, 0.29) is 5.41 Å². The van der Waals surface area contributed by atoms with Crippen molar-refractivity contribution in [3.8, 4) is 45.4 Å². The highest BCUT2D eigenvalue weighted by molar-refractivity contribution is 6.05. The second-order valence-corrected chi connectivity index (χ2v) is 17.3. The molecular weight excluding hydrogens is 675 g/mol. The molecule has 1 aliphatic heterocycles. The van der Waals surface area contributed by atoms with Gasteiger partial charge in [0.15, 0.2) is 11.6 Å². The van der Waals surface area contributed by atoms with Crippen LogP contribution in [-0.4, -0.2) is 15.0 Å². The lowest BCUT2D eigenvalue weighted by Gasteiger charge is -2.66. The van der Waals surface area contributed by atoms with Crippen LogP contribution in [0.15, 0.2) is 138 Å². The summed E-state index contributed by atoms with van der Waals surface area (Å²) in [6.45, 7) is 0. The van der Waals surface area contributed by atoms with Crippen molar-refractivity contribution < 1.29 is 9.15 Å². The van der Waals surface area contributed by atoms with Gasteiger partial charge < -0.3 is 9.15 Å². The minimum Gasteiger partial charge on any atom is -0.456 e. The van der Waals surface area contributed by atoms with Gasteiger partial charge in [0.2, 0.25) is 0 Å². The largest absolute Gasteiger partial charge is 0.456 e.